The van der Waals surface area contributed by atoms with Crippen LogP contribution in [0, 0.1) is 0 Å². The molecule has 5 nitrogen and oxygen atoms in total. The van der Waals surface area contributed by atoms with Gasteiger partial charge in [-0.3, -0.25) is 4.79 Å². The highest BCUT2D eigenvalue weighted by Gasteiger charge is 2.20. The molecule has 17 heavy (non-hydrogen) atoms. The second kappa shape index (κ2) is 6.80. The molecule has 0 aliphatic carbocycles. The Hall–Kier alpha value is -0.820. The molecule has 0 fully saturated rings. The zero-order chi connectivity index (χ0) is 12.8. The van der Waals surface area contributed by atoms with Crippen molar-refractivity contribution in [2.24, 2.45) is 0 Å². The molecule has 1 heterocycles. The number of carbonyl (C=O) groups is 1. The number of rotatable bonds is 6. The van der Waals surface area contributed by atoms with E-state index in [0.717, 1.165) is 12.2 Å². The van der Waals surface area contributed by atoms with E-state index in [1.165, 1.54) is 11.3 Å². The minimum absolute atomic E-state index is 0.0578. The average molecular weight is 274 g/mol. The number of aromatic nitrogens is 2. The number of nitrogens with one attached hydrogen (secondary N) is 1. The summed E-state index contributed by atoms with van der Waals surface area (Å²) in [4.78, 5) is 13.8. The van der Waals surface area contributed by atoms with Crippen molar-refractivity contribution >= 4 is 34.1 Å². The summed E-state index contributed by atoms with van der Waals surface area (Å²) >= 11 is 3.07. The first-order chi connectivity index (χ1) is 8.10. The number of hydrogen-bond donors (Lipinski definition) is 1. The van der Waals surface area contributed by atoms with Gasteiger partial charge in [-0.1, -0.05) is 11.3 Å². The average Bonchev–Trinajstić information content (AvgIpc) is 2.82. The Morgan fingerprint density at radius 2 is 2.29 bits per heavy atom. The third-order valence-corrected chi connectivity index (χ3v) is 4.12. The molecule has 1 rings (SSSR count). The van der Waals surface area contributed by atoms with E-state index in [9.17, 15) is 4.79 Å². The van der Waals surface area contributed by atoms with E-state index in [0.29, 0.717) is 10.1 Å². The van der Waals surface area contributed by atoms with Crippen LogP contribution in [0.15, 0.2) is 0 Å². The van der Waals surface area contributed by atoms with Gasteiger partial charge in [-0.2, -0.15) is 11.8 Å². The quantitative estimate of drug-likeness (QED) is 0.857. The van der Waals surface area contributed by atoms with Gasteiger partial charge in [-0.25, -0.2) is 0 Å². The van der Waals surface area contributed by atoms with Crippen molar-refractivity contribution in [3.05, 3.63) is 5.01 Å². The number of anilines is 1. The lowest BCUT2D eigenvalue weighted by molar-refractivity contribution is 0.0740. The smallest absolute Gasteiger partial charge is 0.284 e. The van der Waals surface area contributed by atoms with E-state index in [1.807, 2.05) is 14.0 Å². The zero-order valence-corrected chi connectivity index (χ0v) is 12.2. The van der Waals surface area contributed by atoms with Gasteiger partial charge in [0.2, 0.25) is 10.1 Å². The highest BCUT2D eigenvalue weighted by atomic mass is 32.2. The first-order valence-corrected chi connectivity index (χ1v) is 7.58. The summed E-state index contributed by atoms with van der Waals surface area (Å²) in [6, 6.07) is 0.219. The van der Waals surface area contributed by atoms with E-state index >= 15 is 0 Å². The van der Waals surface area contributed by atoms with Crippen LogP contribution in [-0.2, 0) is 0 Å². The molecule has 1 N–H and O–H groups in total. The van der Waals surface area contributed by atoms with Crippen molar-refractivity contribution in [3.8, 4) is 0 Å². The Bertz CT molecular complexity index is 369. The largest absolute Gasteiger partial charge is 0.363 e. The molecule has 1 unspecified atom stereocenters. The van der Waals surface area contributed by atoms with E-state index in [1.54, 1.807) is 23.7 Å². The number of carbonyl (C=O) groups excluding carboxylic acids is 1. The second-order valence-corrected chi connectivity index (χ2v) is 5.67. The molecule has 0 aliphatic heterocycles. The molecule has 0 bridgehead atoms. The van der Waals surface area contributed by atoms with Crippen LogP contribution in [-0.4, -0.2) is 53.2 Å². The summed E-state index contributed by atoms with van der Waals surface area (Å²) in [5.41, 5.74) is 0. The maximum atomic E-state index is 12.1. The third kappa shape index (κ3) is 3.85. The molecular weight excluding hydrogens is 256 g/mol. The molecule has 0 saturated carbocycles. The van der Waals surface area contributed by atoms with Crippen molar-refractivity contribution in [2.75, 3.05) is 31.4 Å². The van der Waals surface area contributed by atoms with Crippen LogP contribution < -0.4 is 5.32 Å². The monoisotopic (exact) mass is 274 g/mol. The summed E-state index contributed by atoms with van der Waals surface area (Å²) in [5.74, 6) is 0.994. The van der Waals surface area contributed by atoms with Gasteiger partial charge < -0.3 is 10.2 Å². The molecule has 0 saturated heterocycles. The van der Waals surface area contributed by atoms with Gasteiger partial charge in [-0.15, -0.1) is 10.2 Å². The highest BCUT2D eigenvalue weighted by molar-refractivity contribution is 7.98. The maximum absolute atomic E-state index is 12.1. The Balaban J connectivity index is 2.62. The van der Waals surface area contributed by atoms with Gasteiger partial charge in [0.25, 0.3) is 5.91 Å². The van der Waals surface area contributed by atoms with Crippen LogP contribution in [0.25, 0.3) is 0 Å². The molecule has 96 valence electrons. The predicted octanol–water partition coefficient (Wildman–Crippen LogP) is 1.79. The maximum Gasteiger partial charge on any atom is 0.284 e. The first-order valence-electron chi connectivity index (χ1n) is 5.37. The van der Waals surface area contributed by atoms with Crippen molar-refractivity contribution in [1.29, 1.82) is 0 Å². The Morgan fingerprint density at radius 3 is 2.82 bits per heavy atom. The van der Waals surface area contributed by atoms with Crippen LogP contribution in [0.2, 0.25) is 0 Å². The number of amides is 1. The van der Waals surface area contributed by atoms with Gasteiger partial charge in [0.05, 0.1) is 0 Å². The van der Waals surface area contributed by atoms with E-state index in [2.05, 4.69) is 21.8 Å². The van der Waals surface area contributed by atoms with Gasteiger partial charge in [0, 0.05) is 20.1 Å². The molecule has 1 amide bonds. The molecule has 1 aromatic rings. The lowest BCUT2D eigenvalue weighted by Crippen LogP contribution is -2.35. The van der Waals surface area contributed by atoms with Crippen molar-refractivity contribution in [3.63, 3.8) is 0 Å². The third-order valence-electron chi connectivity index (χ3n) is 2.54. The lowest BCUT2D eigenvalue weighted by atomic mass is 10.2. The van der Waals surface area contributed by atoms with E-state index in [4.69, 9.17) is 0 Å². The molecule has 1 aromatic heterocycles. The summed E-state index contributed by atoms with van der Waals surface area (Å²) in [7, 11) is 3.58. The van der Waals surface area contributed by atoms with Crippen molar-refractivity contribution in [2.45, 2.75) is 19.4 Å². The summed E-state index contributed by atoms with van der Waals surface area (Å²) in [6.07, 6.45) is 3.06. The second-order valence-electron chi connectivity index (χ2n) is 3.71. The Morgan fingerprint density at radius 1 is 1.59 bits per heavy atom. The fourth-order valence-electron chi connectivity index (χ4n) is 1.24. The van der Waals surface area contributed by atoms with Crippen LogP contribution in [0.4, 0.5) is 5.13 Å². The Kier molecular flexibility index (Phi) is 5.70. The molecular formula is C10H18N4OS2. The van der Waals surface area contributed by atoms with Crippen molar-refractivity contribution in [1.82, 2.24) is 15.1 Å². The van der Waals surface area contributed by atoms with Crippen molar-refractivity contribution < 1.29 is 4.79 Å². The molecule has 0 aromatic carbocycles. The van der Waals surface area contributed by atoms with Gasteiger partial charge >= 0.3 is 0 Å². The zero-order valence-electron chi connectivity index (χ0n) is 10.6. The number of thioether (sulfide) groups is 1. The van der Waals surface area contributed by atoms with Crippen LogP contribution in [0.3, 0.4) is 0 Å². The Labute approximate surface area is 110 Å². The minimum Gasteiger partial charge on any atom is -0.363 e. The topological polar surface area (TPSA) is 58.1 Å². The minimum atomic E-state index is -0.0578. The SMILES string of the molecule is CNc1nnc(C(=O)N(C)C(C)CCSC)s1. The fraction of sp³-hybridized carbons (Fsp3) is 0.700. The summed E-state index contributed by atoms with van der Waals surface area (Å²) in [5, 5.41) is 11.7. The number of nitrogens with zero attached hydrogens (tertiary/aromatic N) is 3. The fourth-order valence-corrected chi connectivity index (χ4v) is 2.50. The van der Waals surface area contributed by atoms with Gasteiger partial charge in [-0.05, 0) is 25.4 Å². The van der Waals surface area contributed by atoms with Crippen LogP contribution in [0.5, 0.6) is 0 Å². The van der Waals surface area contributed by atoms with E-state index in [-0.39, 0.29) is 11.9 Å². The van der Waals surface area contributed by atoms with E-state index < -0.39 is 0 Å². The standard InChI is InChI=1S/C10H18N4OS2/c1-7(5-6-16-4)14(3)9(15)8-12-13-10(11-2)17-8/h7H,5-6H2,1-4H3,(H,11,13). The number of hydrogen-bond acceptors (Lipinski definition) is 6. The van der Waals surface area contributed by atoms with Crippen LogP contribution >= 0.6 is 23.1 Å². The summed E-state index contributed by atoms with van der Waals surface area (Å²) < 4.78 is 0. The van der Waals surface area contributed by atoms with Crippen LogP contribution in [0.1, 0.15) is 23.1 Å². The molecule has 0 aliphatic rings. The molecule has 1 atom stereocenters. The van der Waals surface area contributed by atoms with Gasteiger partial charge in [0.15, 0.2) is 0 Å². The normalized spacial score (nSPS) is 12.2. The highest BCUT2D eigenvalue weighted by Crippen LogP contribution is 2.17. The first kappa shape index (κ1) is 14.2. The van der Waals surface area contributed by atoms with Gasteiger partial charge in [0.1, 0.15) is 0 Å². The molecule has 0 radical (unpaired) electrons. The summed E-state index contributed by atoms with van der Waals surface area (Å²) in [6.45, 7) is 2.05. The predicted molar refractivity (Wildman–Crippen MR) is 74.0 cm³/mol. The molecule has 0 spiro atoms. The molecule has 7 heteroatoms. The lowest BCUT2D eigenvalue weighted by Gasteiger charge is -2.23.